The summed E-state index contributed by atoms with van der Waals surface area (Å²) in [4.78, 5) is 11.2. The van der Waals surface area contributed by atoms with Gasteiger partial charge in [0, 0.05) is 28.2 Å². The number of benzene rings is 1. The molecular weight excluding hydrogens is 263 g/mol. The number of halogens is 1. The Hall–Kier alpha value is -0.380. The Morgan fingerprint density at radius 2 is 1.92 bits per heavy atom. The predicted octanol–water partition coefficient (Wildman–Crippen LogP) is 3.39. The molecular formula is C10H11IO. The van der Waals surface area contributed by atoms with Gasteiger partial charge in [0.05, 0.1) is 0 Å². The van der Waals surface area contributed by atoms with Gasteiger partial charge in [-0.3, -0.25) is 4.79 Å². The third-order valence-electron chi connectivity index (χ3n) is 1.79. The van der Waals surface area contributed by atoms with Crippen LogP contribution in [0.25, 0.3) is 0 Å². The molecule has 0 unspecified atom stereocenters. The lowest BCUT2D eigenvalue weighted by atomic mass is 9.98. The maximum Gasteiger partial charge on any atom is 0.222 e. The molecule has 0 saturated heterocycles. The molecule has 0 N–H and O–H groups in total. The lowest BCUT2D eigenvalue weighted by molar-refractivity contribution is 0.110. The van der Waals surface area contributed by atoms with Crippen LogP contribution in [0.5, 0.6) is 0 Å². The monoisotopic (exact) mass is 274 g/mol. The molecule has 0 aliphatic carbocycles. The van der Waals surface area contributed by atoms with Crippen LogP contribution in [0.3, 0.4) is 0 Å². The average molecular weight is 274 g/mol. The highest BCUT2D eigenvalue weighted by atomic mass is 127. The van der Waals surface area contributed by atoms with E-state index in [1.807, 2.05) is 46.9 Å². The van der Waals surface area contributed by atoms with Gasteiger partial charge in [-0.1, -0.05) is 38.1 Å². The number of carbonyl (C=O) groups is 1. The Labute approximate surface area is 86.3 Å². The second-order valence-corrected chi connectivity index (χ2v) is 4.00. The second kappa shape index (κ2) is 4.03. The van der Waals surface area contributed by atoms with Crippen LogP contribution in [0.15, 0.2) is 24.3 Å². The SMILES string of the molecule is CC(C)c1ccccc1C(=O)I. The third-order valence-corrected chi connectivity index (χ3v) is 2.38. The van der Waals surface area contributed by atoms with Crippen LogP contribution in [-0.4, -0.2) is 3.79 Å². The van der Waals surface area contributed by atoms with Crippen molar-refractivity contribution < 1.29 is 4.79 Å². The van der Waals surface area contributed by atoms with E-state index in [1.165, 1.54) is 0 Å². The number of rotatable bonds is 2. The first kappa shape index (κ1) is 9.71. The molecule has 0 spiro atoms. The molecule has 2 heteroatoms. The largest absolute Gasteiger partial charge is 0.282 e. The minimum atomic E-state index is 0.122. The second-order valence-electron chi connectivity index (χ2n) is 3.02. The molecule has 1 nitrogen and oxygen atoms in total. The smallest absolute Gasteiger partial charge is 0.222 e. The summed E-state index contributed by atoms with van der Waals surface area (Å²) in [5.74, 6) is 0.417. The van der Waals surface area contributed by atoms with Gasteiger partial charge in [-0.2, -0.15) is 0 Å². The predicted molar refractivity (Wildman–Crippen MR) is 58.9 cm³/mol. The fourth-order valence-electron chi connectivity index (χ4n) is 1.18. The fraction of sp³-hybridized carbons (Fsp3) is 0.300. The van der Waals surface area contributed by atoms with Gasteiger partial charge in [-0.15, -0.1) is 0 Å². The van der Waals surface area contributed by atoms with Crippen LogP contribution in [0.1, 0.15) is 35.7 Å². The Bertz CT molecular complexity index is 292. The van der Waals surface area contributed by atoms with E-state index in [0.717, 1.165) is 11.1 Å². The van der Waals surface area contributed by atoms with E-state index in [1.54, 1.807) is 0 Å². The van der Waals surface area contributed by atoms with Crippen LogP contribution in [-0.2, 0) is 0 Å². The Kier molecular flexibility index (Phi) is 3.26. The summed E-state index contributed by atoms with van der Waals surface area (Å²) in [6.07, 6.45) is 0. The van der Waals surface area contributed by atoms with Gasteiger partial charge >= 0.3 is 0 Å². The lowest BCUT2D eigenvalue weighted by Gasteiger charge is -2.08. The van der Waals surface area contributed by atoms with Crippen molar-refractivity contribution >= 4 is 26.4 Å². The molecule has 64 valence electrons. The summed E-state index contributed by atoms with van der Waals surface area (Å²) in [5, 5.41) is 0. The Morgan fingerprint density at radius 3 is 2.33 bits per heavy atom. The highest BCUT2D eigenvalue weighted by Gasteiger charge is 2.09. The minimum absolute atomic E-state index is 0.122. The van der Waals surface area contributed by atoms with E-state index in [9.17, 15) is 4.79 Å². The maximum absolute atomic E-state index is 11.2. The van der Waals surface area contributed by atoms with Crippen molar-refractivity contribution in [3.63, 3.8) is 0 Å². The van der Waals surface area contributed by atoms with Crippen LogP contribution < -0.4 is 0 Å². The van der Waals surface area contributed by atoms with E-state index < -0.39 is 0 Å². The van der Waals surface area contributed by atoms with Crippen LogP contribution >= 0.6 is 22.6 Å². The highest BCUT2D eigenvalue weighted by Crippen LogP contribution is 2.20. The van der Waals surface area contributed by atoms with E-state index in [2.05, 4.69) is 13.8 Å². The Balaban J connectivity index is 3.17. The van der Waals surface area contributed by atoms with Gasteiger partial charge in [-0.25, -0.2) is 0 Å². The zero-order chi connectivity index (χ0) is 9.14. The topological polar surface area (TPSA) is 17.1 Å². The van der Waals surface area contributed by atoms with Crippen molar-refractivity contribution in [2.24, 2.45) is 0 Å². The highest BCUT2D eigenvalue weighted by molar-refractivity contribution is 14.1. The minimum Gasteiger partial charge on any atom is -0.282 e. The van der Waals surface area contributed by atoms with E-state index in [0.29, 0.717) is 5.92 Å². The number of hydrogen-bond donors (Lipinski definition) is 0. The van der Waals surface area contributed by atoms with Crippen molar-refractivity contribution in [2.75, 3.05) is 0 Å². The first-order valence-corrected chi connectivity index (χ1v) is 4.99. The molecule has 0 radical (unpaired) electrons. The number of carbonyl (C=O) groups excluding carboxylic acids is 1. The summed E-state index contributed by atoms with van der Waals surface area (Å²) < 4.78 is 0.122. The summed E-state index contributed by atoms with van der Waals surface area (Å²) in [6.45, 7) is 4.19. The molecule has 0 saturated carbocycles. The molecule has 0 bridgehead atoms. The van der Waals surface area contributed by atoms with Gasteiger partial charge in [0.25, 0.3) is 0 Å². The standard InChI is InChI=1S/C10H11IO/c1-7(2)8-5-3-4-6-9(8)10(11)12/h3-7H,1-2H3. The molecule has 0 fully saturated rings. The summed E-state index contributed by atoms with van der Waals surface area (Å²) >= 11 is 1.83. The molecule has 1 aromatic rings. The summed E-state index contributed by atoms with van der Waals surface area (Å²) in [7, 11) is 0. The Morgan fingerprint density at radius 1 is 1.33 bits per heavy atom. The van der Waals surface area contributed by atoms with E-state index in [-0.39, 0.29) is 3.79 Å². The zero-order valence-electron chi connectivity index (χ0n) is 7.17. The van der Waals surface area contributed by atoms with Crippen LogP contribution in [0.4, 0.5) is 0 Å². The molecule has 12 heavy (non-hydrogen) atoms. The third kappa shape index (κ3) is 2.06. The van der Waals surface area contributed by atoms with Crippen molar-refractivity contribution in [2.45, 2.75) is 19.8 Å². The van der Waals surface area contributed by atoms with Crippen molar-refractivity contribution in [3.8, 4) is 0 Å². The molecule has 0 amide bonds. The number of hydrogen-bond acceptors (Lipinski definition) is 1. The van der Waals surface area contributed by atoms with Gasteiger partial charge in [-0.05, 0) is 11.5 Å². The van der Waals surface area contributed by atoms with Crippen molar-refractivity contribution in [3.05, 3.63) is 35.4 Å². The van der Waals surface area contributed by atoms with Crippen molar-refractivity contribution in [1.29, 1.82) is 0 Å². The van der Waals surface area contributed by atoms with Gasteiger partial charge < -0.3 is 0 Å². The zero-order valence-corrected chi connectivity index (χ0v) is 9.33. The van der Waals surface area contributed by atoms with Gasteiger partial charge in [0.1, 0.15) is 0 Å². The molecule has 1 aromatic carbocycles. The van der Waals surface area contributed by atoms with Crippen molar-refractivity contribution in [1.82, 2.24) is 0 Å². The lowest BCUT2D eigenvalue weighted by Crippen LogP contribution is -1.97. The molecule has 0 atom stereocenters. The van der Waals surface area contributed by atoms with Gasteiger partial charge in [0.2, 0.25) is 3.79 Å². The molecule has 0 aliphatic rings. The molecule has 0 aliphatic heterocycles. The molecule has 1 rings (SSSR count). The van der Waals surface area contributed by atoms with Gasteiger partial charge in [0.15, 0.2) is 0 Å². The first-order chi connectivity index (χ1) is 5.63. The summed E-state index contributed by atoms with van der Waals surface area (Å²) in [6, 6.07) is 7.76. The molecule has 0 heterocycles. The van der Waals surface area contributed by atoms with E-state index >= 15 is 0 Å². The van der Waals surface area contributed by atoms with E-state index in [4.69, 9.17) is 0 Å². The average Bonchev–Trinajstić information content (AvgIpc) is 2.04. The molecule has 0 aromatic heterocycles. The quantitative estimate of drug-likeness (QED) is 0.596. The van der Waals surface area contributed by atoms with Crippen LogP contribution in [0.2, 0.25) is 0 Å². The summed E-state index contributed by atoms with van der Waals surface area (Å²) in [5.41, 5.74) is 1.98. The normalized spacial score (nSPS) is 10.3. The first-order valence-electron chi connectivity index (χ1n) is 3.91. The maximum atomic E-state index is 11.2. The fourth-order valence-corrected chi connectivity index (χ4v) is 1.67. The van der Waals surface area contributed by atoms with Crippen LogP contribution in [0, 0.1) is 0 Å².